The number of amides is 1. The largest absolute Gasteiger partial charge is 0.359 e. The zero-order chi connectivity index (χ0) is 14.7. The highest BCUT2D eigenvalue weighted by molar-refractivity contribution is 7.10. The molecule has 1 amide bonds. The smallest absolute Gasteiger partial charge is 0.225 e. The van der Waals surface area contributed by atoms with E-state index >= 15 is 0 Å². The molecule has 1 fully saturated rings. The van der Waals surface area contributed by atoms with Gasteiger partial charge < -0.3 is 9.80 Å². The van der Waals surface area contributed by atoms with Gasteiger partial charge in [0.2, 0.25) is 5.91 Å². The van der Waals surface area contributed by atoms with Gasteiger partial charge in [0.15, 0.2) is 5.15 Å². The maximum absolute atomic E-state index is 12.0. The van der Waals surface area contributed by atoms with Crippen LogP contribution in [0.4, 0.5) is 5.00 Å². The fourth-order valence-electron chi connectivity index (χ4n) is 2.28. The summed E-state index contributed by atoms with van der Waals surface area (Å²) < 4.78 is 4.04. The van der Waals surface area contributed by atoms with Crippen LogP contribution in [-0.2, 0) is 4.79 Å². The molecule has 1 aromatic rings. The SMILES string of the molecule is CC(C)C(=O)N1CCCN(c2snc(Cl)c2C#N)CC1. The summed E-state index contributed by atoms with van der Waals surface area (Å²) in [6.45, 7) is 6.81. The van der Waals surface area contributed by atoms with Crippen LogP contribution in [0.15, 0.2) is 0 Å². The predicted molar refractivity (Wildman–Crippen MR) is 80.1 cm³/mol. The van der Waals surface area contributed by atoms with Gasteiger partial charge in [-0.25, -0.2) is 0 Å². The van der Waals surface area contributed by atoms with Crippen molar-refractivity contribution in [2.45, 2.75) is 20.3 Å². The maximum atomic E-state index is 12.0. The Bertz CT molecular complexity index is 537. The molecule has 0 saturated carbocycles. The van der Waals surface area contributed by atoms with E-state index in [9.17, 15) is 4.79 Å². The molecule has 1 aliphatic rings. The van der Waals surface area contributed by atoms with Crippen molar-refractivity contribution in [3.05, 3.63) is 10.7 Å². The van der Waals surface area contributed by atoms with E-state index in [4.69, 9.17) is 16.9 Å². The summed E-state index contributed by atoms with van der Waals surface area (Å²) in [7, 11) is 0. The molecule has 1 aliphatic heterocycles. The van der Waals surface area contributed by atoms with Crippen molar-refractivity contribution in [1.29, 1.82) is 5.26 Å². The Morgan fingerprint density at radius 1 is 1.40 bits per heavy atom. The summed E-state index contributed by atoms with van der Waals surface area (Å²) >= 11 is 7.16. The van der Waals surface area contributed by atoms with Crippen LogP contribution in [0, 0.1) is 17.2 Å². The van der Waals surface area contributed by atoms with E-state index in [0.29, 0.717) is 18.7 Å². The third kappa shape index (κ3) is 3.05. The number of nitriles is 1. The summed E-state index contributed by atoms with van der Waals surface area (Å²) in [4.78, 5) is 16.1. The Labute approximate surface area is 127 Å². The summed E-state index contributed by atoms with van der Waals surface area (Å²) in [6.07, 6.45) is 0.888. The molecule has 0 unspecified atom stereocenters. The second-order valence-corrected chi connectivity index (χ2v) is 6.20. The van der Waals surface area contributed by atoms with E-state index in [1.54, 1.807) is 0 Å². The Morgan fingerprint density at radius 2 is 2.15 bits per heavy atom. The van der Waals surface area contributed by atoms with Crippen LogP contribution in [0.5, 0.6) is 0 Å². The number of nitrogens with zero attached hydrogens (tertiary/aromatic N) is 4. The first-order chi connectivity index (χ1) is 9.54. The first kappa shape index (κ1) is 15.1. The van der Waals surface area contributed by atoms with Crippen LogP contribution < -0.4 is 4.90 Å². The highest BCUT2D eigenvalue weighted by Gasteiger charge is 2.24. The molecule has 1 saturated heterocycles. The highest BCUT2D eigenvalue weighted by atomic mass is 35.5. The van der Waals surface area contributed by atoms with Crippen molar-refractivity contribution >= 4 is 34.0 Å². The minimum atomic E-state index is 0.0223. The minimum Gasteiger partial charge on any atom is -0.359 e. The molecule has 5 nitrogen and oxygen atoms in total. The zero-order valence-electron chi connectivity index (χ0n) is 11.6. The normalized spacial score (nSPS) is 16.1. The quantitative estimate of drug-likeness (QED) is 0.841. The van der Waals surface area contributed by atoms with Crippen LogP contribution >= 0.6 is 23.1 Å². The first-order valence-corrected chi connectivity index (χ1v) is 7.78. The molecular weight excluding hydrogens is 296 g/mol. The maximum Gasteiger partial charge on any atom is 0.225 e. The Balaban J connectivity index is 2.10. The fraction of sp³-hybridized carbons (Fsp3) is 0.615. The second-order valence-electron chi connectivity index (χ2n) is 5.09. The van der Waals surface area contributed by atoms with E-state index in [1.807, 2.05) is 18.7 Å². The summed E-state index contributed by atoms with van der Waals surface area (Å²) in [5, 5.41) is 10.2. The molecule has 108 valence electrons. The van der Waals surface area contributed by atoms with E-state index in [1.165, 1.54) is 11.5 Å². The Kier molecular flexibility index (Phi) is 4.84. The summed E-state index contributed by atoms with van der Waals surface area (Å²) in [5.41, 5.74) is 0.445. The minimum absolute atomic E-state index is 0.0223. The monoisotopic (exact) mass is 312 g/mol. The van der Waals surface area contributed by atoms with Crippen molar-refractivity contribution in [1.82, 2.24) is 9.27 Å². The molecule has 7 heteroatoms. The number of carbonyl (C=O) groups excluding carboxylic acids is 1. The number of hydrogen-bond acceptors (Lipinski definition) is 5. The lowest BCUT2D eigenvalue weighted by Crippen LogP contribution is -2.37. The zero-order valence-corrected chi connectivity index (χ0v) is 13.2. The van der Waals surface area contributed by atoms with Gasteiger partial charge in [0, 0.05) is 32.1 Å². The van der Waals surface area contributed by atoms with E-state index in [0.717, 1.165) is 24.5 Å². The second kappa shape index (κ2) is 6.42. The molecule has 0 radical (unpaired) electrons. The average molecular weight is 313 g/mol. The van der Waals surface area contributed by atoms with Gasteiger partial charge in [0.25, 0.3) is 0 Å². The molecule has 20 heavy (non-hydrogen) atoms. The number of rotatable bonds is 2. The van der Waals surface area contributed by atoms with Crippen LogP contribution in [0.2, 0.25) is 5.15 Å². The average Bonchev–Trinajstić information content (AvgIpc) is 2.64. The molecule has 0 aliphatic carbocycles. The van der Waals surface area contributed by atoms with Crippen LogP contribution in [0.3, 0.4) is 0 Å². The topological polar surface area (TPSA) is 60.2 Å². The molecule has 0 N–H and O–H groups in total. The van der Waals surface area contributed by atoms with Crippen LogP contribution in [0.1, 0.15) is 25.8 Å². The van der Waals surface area contributed by atoms with Crippen molar-refractivity contribution in [2.24, 2.45) is 5.92 Å². The lowest BCUT2D eigenvalue weighted by atomic mass is 10.2. The number of aromatic nitrogens is 1. The van der Waals surface area contributed by atoms with Gasteiger partial charge in [0.1, 0.15) is 16.6 Å². The van der Waals surface area contributed by atoms with Gasteiger partial charge in [0.05, 0.1) is 0 Å². The lowest BCUT2D eigenvalue weighted by Gasteiger charge is -2.23. The third-order valence-corrected chi connectivity index (χ3v) is 4.62. The van der Waals surface area contributed by atoms with Crippen molar-refractivity contribution in [3.8, 4) is 6.07 Å². The van der Waals surface area contributed by atoms with Crippen molar-refractivity contribution in [3.63, 3.8) is 0 Å². The molecule has 0 aromatic carbocycles. The third-order valence-electron chi connectivity index (χ3n) is 3.33. The van der Waals surface area contributed by atoms with Gasteiger partial charge >= 0.3 is 0 Å². The molecule has 0 spiro atoms. The molecule has 0 atom stereocenters. The van der Waals surface area contributed by atoms with Crippen LogP contribution in [0.25, 0.3) is 0 Å². The lowest BCUT2D eigenvalue weighted by molar-refractivity contribution is -0.134. The molecular formula is C13H17ClN4OS. The number of hydrogen-bond donors (Lipinski definition) is 0. The van der Waals surface area contributed by atoms with Gasteiger partial charge in [-0.15, -0.1) is 0 Å². The summed E-state index contributed by atoms with van der Waals surface area (Å²) in [6, 6.07) is 2.11. The van der Waals surface area contributed by atoms with Gasteiger partial charge in [-0.2, -0.15) is 9.64 Å². The number of anilines is 1. The summed E-state index contributed by atoms with van der Waals surface area (Å²) in [5.74, 6) is 0.212. The Hall–Kier alpha value is -1.32. The number of halogens is 1. The predicted octanol–water partition coefficient (Wildman–Crippen LogP) is 2.36. The fourth-order valence-corrected chi connectivity index (χ4v) is 3.36. The van der Waals surface area contributed by atoms with Crippen molar-refractivity contribution < 1.29 is 4.79 Å². The highest BCUT2D eigenvalue weighted by Crippen LogP contribution is 2.31. The van der Waals surface area contributed by atoms with Gasteiger partial charge in [-0.05, 0) is 18.0 Å². The van der Waals surface area contributed by atoms with E-state index in [2.05, 4.69) is 15.3 Å². The van der Waals surface area contributed by atoms with Gasteiger partial charge in [-0.3, -0.25) is 4.79 Å². The Morgan fingerprint density at radius 3 is 2.80 bits per heavy atom. The number of carbonyl (C=O) groups is 1. The molecule has 1 aromatic heterocycles. The standard InChI is InChI=1S/C13H17ClN4OS/c1-9(2)12(19)17-4-3-5-18(7-6-17)13-10(8-15)11(14)16-20-13/h9H,3-7H2,1-2H3. The first-order valence-electron chi connectivity index (χ1n) is 6.63. The van der Waals surface area contributed by atoms with Crippen LogP contribution in [-0.4, -0.2) is 41.4 Å². The van der Waals surface area contributed by atoms with Crippen molar-refractivity contribution in [2.75, 3.05) is 31.1 Å². The van der Waals surface area contributed by atoms with Gasteiger partial charge in [-0.1, -0.05) is 25.4 Å². The molecule has 0 bridgehead atoms. The molecule has 2 heterocycles. The van der Waals surface area contributed by atoms with E-state index < -0.39 is 0 Å². The molecule has 2 rings (SSSR count). The van der Waals surface area contributed by atoms with E-state index in [-0.39, 0.29) is 17.0 Å².